The molecule has 6 heteroatoms. The van der Waals surface area contributed by atoms with Crippen molar-refractivity contribution in [1.82, 2.24) is 10.6 Å². The fraction of sp³-hybridized carbons (Fsp3) is 0.800. The molecule has 0 aliphatic carbocycles. The highest BCUT2D eigenvalue weighted by Gasteiger charge is 2.34. The minimum atomic E-state index is -0.504. The van der Waals surface area contributed by atoms with Gasteiger partial charge in [0.05, 0.1) is 12.5 Å². The molecule has 1 aliphatic heterocycles. The van der Waals surface area contributed by atoms with Gasteiger partial charge in [-0.25, -0.2) is 0 Å². The first kappa shape index (κ1) is 15.2. The lowest BCUT2D eigenvalue weighted by Crippen LogP contribution is -2.43. The molecular formula is C10H20ClN3O2. The first-order valence-corrected chi connectivity index (χ1v) is 5.31. The summed E-state index contributed by atoms with van der Waals surface area (Å²) in [6, 6.07) is 0.206. The van der Waals surface area contributed by atoms with Crippen molar-refractivity contribution in [1.29, 1.82) is 0 Å². The maximum atomic E-state index is 11.7. The summed E-state index contributed by atoms with van der Waals surface area (Å²) in [5.74, 6) is -0.200. The fourth-order valence-electron chi connectivity index (χ4n) is 2.03. The van der Waals surface area contributed by atoms with Crippen molar-refractivity contribution in [3.05, 3.63) is 0 Å². The Morgan fingerprint density at radius 3 is 2.62 bits per heavy atom. The van der Waals surface area contributed by atoms with Gasteiger partial charge >= 0.3 is 0 Å². The zero-order valence-electron chi connectivity index (χ0n) is 9.66. The molecule has 1 rings (SSSR count). The number of halogens is 1. The lowest BCUT2D eigenvalue weighted by molar-refractivity contribution is -0.128. The molecule has 5 nitrogen and oxygen atoms in total. The topological polar surface area (TPSA) is 84.2 Å². The van der Waals surface area contributed by atoms with Crippen molar-refractivity contribution in [2.24, 2.45) is 17.6 Å². The molecular weight excluding hydrogens is 230 g/mol. The van der Waals surface area contributed by atoms with E-state index in [2.05, 4.69) is 24.5 Å². The van der Waals surface area contributed by atoms with Gasteiger partial charge in [0.25, 0.3) is 0 Å². The zero-order valence-corrected chi connectivity index (χ0v) is 10.5. The molecule has 2 unspecified atom stereocenters. The van der Waals surface area contributed by atoms with E-state index in [1.165, 1.54) is 0 Å². The van der Waals surface area contributed by atoms with Gasteiger partial charge in [-0.15, -0.1) is 12.4 Å². The Labute approximate surface area is 102 Å². The third-order valence-electron chi connectivity index (χ3n) is 2.76. The molecule has 1 fully saturated rings. The van der Waals surface area contributed by atoms with Gasteiger partial charge in [0.1, 0.15) is 0 Å². The predicted octanol–water partition coefficient (Wildman–Crippen LogP) is -0.356. The molecule has 16 heavy (non-hydrogen) atoms. The molecule has 0 bridgehead atoms. The lowest BCUT2D eigenvalue weighted by Gasteiger charge is -2.22. The van der Waals surface area contributed by atoms with Crippen LogP contribution in [0.3, 0.4) is 0 Å². The Kier molecular flexibility index (Phi) is 6.36. The Morgan fingerprint density at radius 2 is 2.12 bits per heavy atom. The molecule has 2 amide bonds. The molecule has 0 aromatic carbocycles. The van der Waals surface area contributed by atoms with Gasteiger partial charge in [0.15, 0.2) is 0 Å². The summed E-state index contributed by atoms with van der Waals surface area (Å²) in [6.07, 6.45) is 0.827. The second-order valence-electron chi connectivity index (χ2n) is 4.30. The van der Waals surface area contributed by atoms with Crippen LogP contribution in [0.25, 0.3) is 0 Å². The third-order valence-corrected chi connectivity index (χ3v) is 2.76. The SMILES string of the molecule is CC(C)C1NCCC1C(=O)NCC(N)=O.Cl. The van der Waals surface area contributed by atoms with Gasteiger partial charge in [-0.3, -0.25) is 9.59 Å². The molecule has 0 spiro atoms. The number of carbonyl (C=O) groups excluding carboxylic acids is 2. The molecule has 94 valence electrons. The minimum absolute atomic E-state index is 0. The molecule has 0 aromatic heterocycles. The quantitative estimate of drug-likeness (QED) is 0.637. The number of nitrogens with one attached hydrogen (secondary N) is 2. The standard InChI is InChI=1S/C10H19N3O2.ClH/c1-6(2)9-7(3-4-12-9)10(15)13-5-8(11)14;/h6-7,9,12H,3-5H2,1-2H3,(H2,11,14)(H,13,15);1H. The summed E-state index contributed by atoms with van der Waals surface area (Å²) >= 11 is 0. The van der Waals surface area contributed by atoms with Crippen LogP contribution in [0.5, 0.6) is 0 Å². The van der Waals surface area contributed by atoms with Crippen LogP contribution in [0.15, 0.2) is 0 Å². The van der Waals surface area contributed by atoms with E-state index < -0.39 is 5.91 Å². The summed E-state index contributed by atoms with van der Waals surface area (Å²) in [5.41, 5.74) is 4.96. The smallest absolute Gasteiger partial charge is 0.236 e. The molecule has 0 aromatic rings. The zero-order chi connectivity index (χ0) is 11.4. The Morgan fingerprint density at radius 1 is 1.50 bits per heavy atom. The first-order chi connectivity index (χ1) is 7.02. The van der Waals surface area contributed by atoms with E-state index in [-0.39, 0.29) is 36.8 Å². The number of nitrogens with two attached hydrogens (primary N) is 1. The van der Waals surface area contributed by atoms with E-state index in [0.717, 1.165) is 13.0 Å². The van der Waals surface area contributed by atoms with E-state index in [0.29, 0.717) is 5.92 Å². The number of hydrogen-bond acceptors (Lipinski definition) is 3. The van der Waals surface area contributed by atoms with Gasteiger partial charge in [0.2, 0.25) is 11.8 Å². The highest BCUT2D eigenvalue weighted by Crippen LogP contribution is 2.21. The van der Waals surface area contributed by atoms with E-state index in [1.54, 1.807) is 0 Å². The molecule has 1 saturated heterocycles. The molecule has 1 aliphatic rings. The summed E-state index contributed by atoms with van der Waals surface area (Å²) in [5, 5.41) is 5.85. The van der Waals surface area contributed by atoms with Gasteiger partial charge < -0.3 is 16.4 Å². The maximum Gasteiger partial charge on any atom is 0.236 e. The monoisotopic (exact) mass is 249 g/mol. The Bertz CT molecular complexity index is 258. The highest BCUT2D eigenvalue weighted by molar-refractivity contribution is 5.85. The van der Waals surface area contributed by atoms with Gasteiger partial charge in [0, 0.05) is 6.04 Å². The van der Waals surface area contributed by atoms with Gasteiger partial charge in [-0.2, -0.15) is 0 Å². The highest BCUT2D eigenvalue weighted by atomic mass is 35.5. The van der Waals surface area contributed by atoms with Crippen molar-refractivity contribution in [3.63, 3.8) is 0 Å². The van der Waals surface area contributed by atoms with Crippen molar-refractivity contribution < 1.29 is 9.59 Å². The van der Waals surface area contributed by atoms with E-state index >= 15 is 0 Å². The third kappa shape index (κ3) is 3.98. The van der Waals surface area contributed by atoms with Crippen LogP contribution >= 0.6 is 12.4 Å². The maximum absolute atomic E-state index is 11.7. The summed E-state index contributed by atoms with van der Waals surface area (Å²) in [4.78, 5) is 22.2. The molecule has 2 atom stereocenters. The van der Waals surface area contributed by atoms with E-state index in [1.807, 2.05) is 0 Å². The van der Waals surface area contributed by atoms with E-state index in [4.69, 9.17) is 5.73 Å². The van der Waals surface area contributed by atoms with Crippen LogP contribution < -0.4 is 16.4 Å². The van der Waals surface area contributed by atoms with Crippen molar-refractivity contribution in [2.75, 3.05) is 13.1 Å². The Hall–Kier alpha value is -0.810. The number of hydrogen-bond donors (Lipinski definition) is 3. The average molecular weight is 250 g/mol. The Balaban J connectivity index is 0.00000225. The first-order valence-electron chi connectivity index (χ1n) is 5.31. The number of primary amides is 1. The summed E-state index contributed by atoms with van der Waals surface area (Å²) < 4.78 is 0. The number of amides is 2. The molecule has 4 N–H and O–H groups in total. The van der Waals surface area contributed by atoms with E-state index in [9.17, 15) is 9.59 Å². The largest absolute Gasteiger partial charge is 0.368 e. The number of rotatable bonds is 4. The van der Waals surface area contributed by atoms with Crippen molar-refractivity contribution in [3.8, 4) is 0 Å². The van der Waals surface area contributed by atoms with Crippen LogP contribution in [0.1, 0.15) is 20.3 Å². The van der Waals surface area contributed by atoms with Gasteiger partial charge in [-0.05, 0) is 18.9 Å². The van der Waals surface area contributed by atoms with Crippen LogP contribution in [-0.2, 0) is 9.59 Å². The van der Waals surface area contributed by atoms with Gasteiger partial charge in [-0.1, -0.05) is 13.8 Å². The lowest BCUT2D eigenvalue weighted by atomic mass is 9.91. The van der Waals surface area contributed by atoms with Crippen molar-refractivity contribution >= 4 is 24.2 Å². The average Bonchev–Trinajstić information content (AvgIpc) is 2.62. The molecule has 0 radical (unpaired) electrons. The van der Waals surface area contributed by atoms with Crippen LogP contribution in [0.2, 0.25) is 0 Å². The second-order valence-corrected chi connectivity index (χ2v) is 4.30. The summed E-state index contributed by atoms with van der Waals surface area (Å²) in [6.45, 7) is 4.95. The fourth-order valence-corrected chi connectivity index (χ4v) is 2.03. The normalized spacial score (nSPS) is 23.9. The molecule has 1 heterocycles. The second kappa shape index (κ2) is 6.70. The van der Waals surface area contributed by atoms with Crippen LogP contribution in [-0.4, -0.2) is 30.9 Å². The minimum Gasteiger partial charge on any atom is -0.368 e. The molecule has 0 saturated carbocycles. The van der Waals surface area contributed by atoms with Crippen LogP contribution in [0, 0.1) is 11.8 Å². The number of carbonyl (C=O) groups is 2. The predicted molar refractivity (Wildman–Crippen MR) is 64.2 cm³/mol. The van der Waals surface area contributed by atoms with Crippen LogP contribution in [0.4, 0.5) is 0 Å². The summed E-state index contributed by atoms with van der Waals surface area (Å²) in [7, 11) is 0. The van der Waals surface area contributed by atoms with Crippen molar-refractivity contribution in [2.45, 2.75) is 26.3 Å².